The first kappa shape index (κ1) is 16.9. The van der Waals surface area contributed by atoms with Gasteiger partial charge in [-0.2, -0.15) is 0 Å². The van der Waals surface area contributed by atoms with Gasteiger partial charge in [0.25, 0.3) is 0 Å². The SMILES string of the molecule is C=C(Nc1cc(C)ccn1)N1CCN(c2ccc(Cl)cc2Cl)CC1. The second-order valence-electron chi connectivity index (χ2n) is 5.86. The minimum atomic E-state index is 0.658. The molecule has 1 aliphatic rings. The summed E-state index contributed by atoms with van der Waals surface area (Å²) >= 11 is 12.3. The number of piperazine rings is 1. The maximum absolute atomic E-state index is 6.31. The zero-order chi connectivity index (χ0) is 17.1. The van der Waals surface area contributed by atoms with Crippen LogP contribution in [0, 0.1) is 6.92 Å². The van der Waals surface area contributed by atoms with E-state index in [0.717, 1.165) is 43.5 Å². The summed E-state index contributed by atoms with van der Waals surface area (Å²) in [5.74, 6) is 1.69. The number of aromatic nitrogens is 1. The van der Waals surface area contributed by atoms with Crippen LogP contribution >= 0.6 is 23.2 Å². The summed E-state index contributed by atoms with van der Waals surface area (Å²) in [6.07, 6.45) is 1.80. The second kappa shape index (κ2) is 7.32. The van der Waals surface area contributed by atoms with Crippen LogP contribution in [0.2, 0.25) is 10.0 Å². The minimum absolute atomic E-state index is 0.658. The van der Waals surface area contributed by atoms with Crippen molar-refractivity contribution in [1.29, 1.82) is 0 Å². The monoisotopic (exact) mass is 362 g/mol. The van der Waals surface area contributed by atoms with Gasteiger partial charge < -0.3 is 15.1 Å². The Morgan fingerprint density at radius 1 is 1.12 bits per heavy atom. The lowest BCUT2D eigenvalue weighted by atomic mass is 10.2. The minimum Gasteiger partial charge on any atom is -0.367 e. The molecule has 1 N–H and O–H groups in total. The first-order chi connectivity index (χ1) is 11.5. The molecular formula is C18H20Cl2N4. The number of nitrogens with zero attached hydrogens (tertiary/aromatic N) is 3. The van der Waals surface area contributed by atoms with Gasteiger partial charge in [0.05, 0.1) is 16.5 Å². The smallest absolute Gasteiger partial charge is 0.131 e. The fourth-order valence-corrected chi connectivity index (χ4v) is 3.31. The number of anilines is 2. The third-order valence-corrected chi connectivity index (χ3v) is 4.64. The molecule has 0 amide bonds. The number of benzene rings is 1. The van der Waals surface area contributed by atoms with E-state index >= 15 is 0 Å². The van der Waals surface area contributed by atoms with E-state index in [9.17, 15) is 0 Å². The van der Waals surface area contributed by atoms with Crippen molar-refractivity contribution in [2.24, 2.45) is 0 Å². The number of halogens is 2. The van der Waals surface area contributed by atoms with E-state index in [1.165, 1.54) is 5.56 Å². The van der Waals surface area contributed by atoms with Gasteiger partial charge in [-0.05, 0) is 42.8 Å². The van der Waals surface area contributed by atoms with Crippen molar-refractivity contribution >= 4 is 34.7 Å². The van der Waals surface area contributed by atoms with Crippen LogP contribution in [0.3, 0.4) is 0 Å². The van der Waals surface area contributed by atoms with Crippen molar-refractivity contribution in [3.8, 4) is 0 Å². The molecule has 1 fully saturated rings. The van der Waals surface area contributed by atoms with E-state index in [1.807, 2.05) is 31.2 Å². The summed E-state index contributed by atoms with van der Waals surface area (Å²) in [7, 11) is 0. The normalized spacial score (nSPS) is 14.6. The Morgan fingerprint density at radius 3 is 2.54 bits per heavy atom. The molecule has 1 aromatic carbocycles. The Balaban J connectivity index is 1.59. The zero-order valence-electron chi connectivity index (χ0n) is 13.6. The maximum atomic E-state index is 6.31. The molecule has 1 saturated heterocycles. The summed E-state index contributed by atoms with van der Waals surface area (Å²) in [5, 5.41) is 4.63. The van der Waals surface area contributed by atoms with Crippen LogP contribution in [0.15, 0.2) is 48.9 Å². The fourth-order valence-electron chi connectivity index (χ4n) is 2.79. The molecular weight excluding hydrogens is 343 g/mol. The maximum Gasteiger partial charge on any atom is 0.131 e. The highest BCUT2D eigenvalue weighted by Gasteiger charge is 2.20. The third kappa shape index (κ3) is 3.94. The molecule has 0 bridgehead atoms. The molecule has 1 aromatic heterocycles. The predicted octanol–water partition coefficient (Wildman–Crippen LogP) is 4.40. The Hall–Kier alpha value is -1.91. The lowest BCUT2D eigenvalue weighted by molar-refractivity contribution is 0.325. The molecule has 126 valence electrons. The van der Waals surface area contributed by atoms with Crippen molar-refractivity contribution < 1.29 is 0 Å². The standard InChI is InChI=1S/C18H20Cl2N4/c1-13-5-6-21-18(11-13)22-14(2)23-7-9-24(10-8-23)17-4-3-15(19)12-16(17)20/h3-6,11-12H,2,7-10H2,1H3,(H,21,22). The highest BCUT2D eigenvalue weighted by molar-refractivity contribution is 6.36. The Morgan fingerprint density at radius 2 is 1.88 bits per heavy atom. The van der Waals surface area contributed by atoms with Crippen LogP contribution in [-0.2, 0) is 0 Å². The summed E-state index contributed by atoms with van der Waals surface area (Å²) in [4.78, 5) is 8.82. The Bertz CT molecular complexity index is 740. The van der Waals surface area contributed by atoms with Crippen LogP contribution in [0.4, 0.5) is 11.5 Å². The van der Waals surface area contributed by atoms with Crippen LogP contribution in [0.5, 0.6) is 0 Å². The summed E-state index contributed by atoms with van der Waals surface area (Å²) < 4.78 is 0. The molecule has 0 unspecified atom stereocenters. The molecule has 0 atom stereocenters. The van der Waals surface area contributed by atoms with Gasteiger partial charge in [0.2, 0.25) is 0 Å². The van der Waals surface area contributed by atoms with Crippen LogP contribution < -0.4 is 10.2 Å². The van der Waals surface area contributed by atoms with Crippen molar-refractivity contribution in [2.45, 2.75) is 6.92 Å². The lowest BCUT2D eigenvalue weighted by Gasteiger charge is -2.38. The topological polar surface area (TPSA) is 31.4 Å². The van der Waals surface area contributed by atoms with Gasteiger partial charge in [-0.3, -0.25) is 0 Å². The lowest BCUT2D eigenvalue weighted by Crippen LogP contribution is -2.46. The number of hydrogen-bond acceptors (Lipinski definition) is 4. The van der Waals surface area contributed by atoms with Crippen LogP contribution in [-0.4, -0.2) is 36.1 Å². The Kier molecular flexibility index (Phi) is 5.17. The van der Waals surface area contributed by atoms with Gasteiger partial charge in [-0.1, -0.05) is 29.8 Å². The average molecular weight is 363 g/mol. The van der Waals surface area contributed by atoms with E-state index in [0.29, 0.717) is 10.0 Å². The average Bonchev–Trinajstić information content (AvgIpc) is 2.55. The summed E-state index contributed by atoms with van der Waals surface area (Å²) in [6, 6.07) is 9.62. The van der Waals surface area contributed by atoms with Crippen molar-refractivity contribution in [3.63, 3.8) is 0 Å². The molecule has 0 radical (unpaired) electrons. The molecule has 2 aromatic rings. The van der Waals surface area contributed by atoms with Gasteiger partial charge in [-0.25, -0.2) is 4.98 Å². The van der Waals surface area contributed by atoms with Gasteiger partial charge >= 0.3 is 0 Å². The van der Waals surface area contributed by atoms with E-state index < -0.39 is 0 Å². The van der Waals surface area contributed by atoms with Crippen LogP contribution in [0.25, 0.3) is 0 Å². The van der Waals surface area contributed by atoms with Gasteiger partial charge in [0.15, 0.2) is 0 Å². The molecule has 24 heavy (non-hydrogen) atoms. The molecule has 4 nitrogen and oxygen atoms in total. The first-order valence-corrected chi connectivity index (χ1v) is 8.62. The van der Waals surface area contributed by atoms with Gasteiger partial charge in [-0.15, -0.1) is 0 Å². The van der Waals surface area contributed by atoms with Gasteiger partial charge in [0, 0.05) is 37.4 Å². The molecule has 6 heteroatoms. The molecule has 3 rings (SSSR count). The van der Waals surface area contributed by atoms with Crippen LogP contribution in [0.1, 0.15) is 5.56 Å². The third-order valence-electron chi connectivity index (χ3n) is 4.10. The second-order valence-corrected chi connectivity index (χ2v) is 6.70. The first-order valence-electron chi connectivity index (χ1n) is 7.86. The van der Waals surface area contributed by atoms with E-state index in [1.54, 1.807) is 12.3 Å². The highest BCUT2D eigenvalue weighted by Crippen LogP contribution is 2.29. The van der Waals surface area contributed by atoms with E-state index in [4.69, 9.17) is 23.2 Å². The summed E-state index contributed by atoms with van der Waals surface area (Å²) in [5.41, 5.74) is 2.20. The molecule has 2 heterocycles. The number of pyridine rings is 1. The van der Waals surface area contributed by atoms with Crippen molar-refractivity contribution in [1.82, 2.24) is 9.88 Å². The van der Waals surface area contributed by atoms with E-state index in [-0.39, 0.29) is 0 Å². The molecule has 0 aliphatic carbocycles. The fraction of sp³-hybridized carbons (Fsp3) is 0.278. The predicted molar refractivity (Wildman–Crippen MR) is 102 cm³/mol. The van der Waals surface area contributed by atoms with Crippen molar-refractivity contribution in [3.05, 3.63) is 64.5 Å². The Labute approximate surface area is 152 Å². The molecule has 0 spiro atoms. The van der Waals surface area contributed by atoms with Crippen molar-refractivity contribution in [2.75, 3.05) is 36.4 Å². The quantitative estimate of drug-likeness (QED) is 0.872. The van der Waals surface area contributed by atoms with Gasteiger partial charge in [0.1, 0.15) is 5.82 Å². The largest absolute Gasteiger partial charge is 0.367 e. The number of rotatable bonds is 4. The molecule has 0 saturated carbocycles. The number of nitrogens with one attached hydrogen (secondary N) is 1. The zero-order valence-corrected chi connectivity index (χ0v) is 15.1. The number of hydrogen-bond donors (Lipinski definition) is 1. The summed E-state index contributed by atoms with van der Waals surface area (Å²) in [6.45, 7) is 9.69. The van der Waals surface area contributed by atoms with E-state index in [2.05, 4.69) is 26.7 Å². The molecule has 1 aliphatic heterocycles. The highest BCUT2D eigenvalue weighted by atomic mass is 35.5. The number of aryl methyl sites for hydroxylation is 1.